The number of amides is 1. The highest BCUT2D eigenvalue weighted by molar-refractivity contribution is 7.99. The van der Waals surface area contributed by atoms with Gasteiger partial charge in [-0.1, -0.05) is 23.4 Å². The van der Waals surface area contributed by atoms with Crippen LogP contribution in [-0.4, -0.2) is 28.7 Å². The molecule has 2 aromatic heterocycles. The number of carbonyl (C=O) groups excluding carboxylic acids is 1. The highest BCUT2D eigenvalue weighted by Gasteiger charge is 2.19. The minimum atomic E-state index is -0.321. The van der Waals surface area contributed by atoms with Crippen LogP contribution in [0.15, 0.2) is 28.2 Å². The smallest absolute Gasteiger partial charge is 0.260 e. The number of nitrogens with zero attached hydrogens (tertiary/aromatic N) is 1. The molecule has 1 amide bonds. The monoisotopic (exact) mass is 403 g/mol. The fraction of sp³-hybridized carbons (Fsp3) is 0.316. The van der Waals surface area contributed by atoms with E-state index >= 15 is 0 Å². The third-order valence-electron chi connectivity index (χ3n) is 4.15. The summed E-state index contributed by atoms with van der Waals surface area (Å²) in [6.07, 6.45) is 0.978. The third-order valence-corrected chi connectivity index (χ3v) is 6.11. The van der Waals surface area contributed by atoms with Crippen molar-refractivity contribution in [2.75, 3.05) is 12.9 Å². The van der Waals surface area contributed by atoms with Crippen LogP contribution in [0.1, 0.15) is 23.3 Å². The molecule has 3 N–H and O–H groups in total. The molecular weight excluding hydrogens is 382 g/mol. The number of nitrogens with one attached hydrogen (secondary N) is 1. The summed E-state index contributed by atoms with van der Waals surface area (Å²) in [5, 5.41) is 1.14. The number of thiophene rings is 1. The molecule has 142 valence electrons. The number of thioether (sulfide) groups is 1. The number of primary amides is 1. The molecule has 0 fully saturated rings. The molecule has 6 nitrogen and oxygen atoms in total. The first kappa shape index (κ1) is 19.4. The Morgan fingerprint density at radius 1 is 1.37 bits per heavy atom. The number of fused-ring (bicyclic) bond motifs is 1. The SMILES string of the molecule is COc1ccc(C)cc1-c1c(C)sc2nc(SCCCC(N)=O)[nH]c(=O)c12. The van der Waals surface area contributed by atoms with Crippen LogP contribution in [0.2, 0.25) is 0 Å². The quantitative estimate of drug-likeness (QED) is 0.357. The zero-order valence-corrected chi connectivity index (χ0v) is 17.1. The van der Waals surface area contributed by atoms with E-state index in [0.717, 1.165) is 27.3 Å². The number of hydrogen-bond acceptors (Lipinski definition) is 6. The van der Waals surface area contributed by atoms with Crippen LogP contribution in [0, 0.1) is 13.8 Å². The van der Waals surface area contributed by atoms with Gasteiger partial charge in [-0.2, -0.15) is 0 Å². The Kier molecular flexibility index (Phi) is 5.86. The van der Waals surface area contributed by atoms with Gasteiger partial charge < -0.3 is 15.5 Å². The first-order chi connectivity index (χ1) is 12.9. The normalized spacial score (nSPS) is 11.1. The van der Waals surface area contributed by atoms with E-state index < -0.39 is 0 Å². The van der Waals surface area contributed by atoms with Gasteiger partial charge in [0.25, 0.3) is 5.56 Å². The summed E-state index contributed by atoms with van der Waals surface area (Å²) in [5.41, 5.74) is 7.84. The Balaban J connectivity index is 2.02. The van der Waals surface area contributed by atoms with Gasteiger partial charge >= 0.3 is 0 Å². The van der Waals surface area contributed by atoms with Crippen molar-refractivity contribution >= 4 is 39.2 Å². The van der Waals surface area contributed by atoms with Crippen LogP contribution in [0.3, 0.4) is 0 Å². The lowest BCUT2D eigenvalue weighted by atomic mass is 10.0. The van der Waals surface area contributed by atoms with Gasteiger partial charge in [-0.15, -0.1) is 11.3 Å². The predicted molar refractivity (Wildman–Crippen MR) is 111 cm³/mol. The first-order valence-electron chi connectivity index (χ1n) is 8.50. The topological polar surface area (TPSA) is 98.1 Å². The average Bonchev–Trinajstić information content (AvgIpc) is 2.94. The highest BCUT2D eigenvalue weighted by Crippen LogP contribution is 2.40. The second kappa shape index (κ2) is 8.14. The van der Waals surface area contributed by atoms with Crippen molar-refractivity contribution in [3.05, 3.63) is 39.0 Å². The molecule has 27 heavy (non-hydrogen) atoms. The molecule has 0 unspecified atom stereocenters. The van der Waals surface area contributed by atoms with E-state index in [-0.39, 0.29) is 11.5 Å². The summed E-state index contributed by atoms with van der Waals surface area (Å²) in [5.74, 6) is 1.08. The minimum absolute atomic E-state index is 0.166. The van der Waals surface area contributed by atoms with Crippen molar-refractivity contribution in [3.8, 4) is 16.9 Å². The van der Waals surface area contributed by atoms with Gasteiger partial charge in [-0.05, 0) is 32.4 Å². The van der Waals surface area contributed by atoms with Crippen molar-refractivity contribution in [3.63, 3.8) is 0 Å². The molecule has 0 spiro atoms. The maximum absolute atomic E-state index is 12.8. The van der Waals surface area contributed by atoms with Gasteiger partial charge in [0, 0.05) is 28.2 Å². The fourth-order valence-corrected chi connectivity index (χ4v) is 4.82. The van der Waals surface area contributed by atoms with Crippen LogP contribution < -0.4 is 16.0 Å². The van der Waals surface area contributed by atoms with Crippen molar-refractivity contribution in [1.29, 1.82) is 0 Å². The number of aromatic amines is 1. The minimum Gasteiger partial charge on any atom is -0.496 e. The van der Waals surface area contributed by atoms with Crippen LogP contribution in [0.4, 0.5) is 0 Å². The summed E-state index contributed by atoms with van der Waals surface area (Å²) >= 11 is 2.92. The maximum atomic E-state index is 12.8. The third kappa shape index (κ3) is 4.17. The number of ether oxygens (including phenoxy) is 1. The molecule has 3 rings (SSSR count). The molecule has 1 aromatic carbocycles. The Bertz CT molecular complexity index is 1060. The molecule has 3 aromatic rings. The number of hydrogen-bond donors (Lipinski definition) is 2. The zero-order valence-electron chi connectivity index (χ0n) is 15.4. The number of H-pyrrole nitrogens is 1. The van der Waals surface area contributed by atoms with E-state index in [0.29, 0.717) is 34.0 Å². The van der Waals surface area contributed by atoms with Crippen molar-refractivity contribution in [2.45, 2.75) is 31.8 Å². The standard InChI is InChI=1S/C19H21N3O3S2/c1-10-6-7-13(25-3)12(9-10)15-11(2)27-18-16(15)17(24)21-19(22-18)26-8-4-5-14(20)23/h6-7,9H,4-5,8H2,1-3H3,(H2,20,23)(H,21,22,24). The van der Waals surface area contributed by atoms with Gasteiger partial charge in [0.15, 0.2) is 5.16 Å². The van der Waals surface area contributed by atoms with Crippen molar-refractivity contribution < 1.29 is 9.53 Å². The molecule has 0 aliphatic rings. The first-order valence-corrected chi connectivity index (χ1v) is 10.3. The molecule has 0 bridgehead atoms. The van der Waals surface area contributed by atoms with Crippen molar-refractivity contribution in [2.24, 2.45) is 5.73 Å². The van der Waals surface area contributed by atoms with Gasteiger partial charge in [-0.25, -0.2) is 4.98 Å². The number of aryl methyl sites for hydroxylation is 2. The number of methoxy groups -OCH3 is 1. The summed E-state index contributed by atoms with van der Waals surface area (Å²) in [6.45, 7) is 4.00. The highest BCUT2D eigenvalue weighted by atomic mass is 32.2. The lowest BCUT2D eigenvalue weighted by Crippen LogP contribution is -2.11. The summed E-state index contributed by atoms with van der Waals surface area (Å²) in [7, 11) is 1.63. The van der Waals surface area contributed by atoms with Crippen LogP contribution in [0.25, 0.3) is 21.3 Å². The molecule has 0 saturated carbocycles. The van der Waals surface area contributed by atoms with E-state index in [9.17, 15) is 9.59 Å². The summed E-state index contributed by atoms with van der Waals surface area (Å²) in [4.78, 5) is 32.8. The second-order valence-electron chi connectivity index (χ2n) is 6.21. The molecule has 2 heterocycles. The van der Waals surface area contributed by atoms with E-state index in [4.69, 9.17) is 10.5 Å². The molecule has 0 radical (unpaired) electrons. The van der Waals surface area contributed by atoms with Crippen LogP contribution in [-0.2, 0) is 4.79 Å². The molecule has 0 aliphatic heterocycles. The van der Waals surface area contributed by atoms with Crippen LogP contribution in [0.5, 0.6) is 5.75 Å². The number of nitrogens with two attached hydrogens (primary N) is 1. The predicted octanol–water partition coefficient (Wildman–Crippen LogP) is 3.63. The van der Waals surface area contributed by atoms with Gasteiger partial charge in [-0.3, -0.25) is 9.59 Å². The van der Waals surface area contributed by atoms with Crippen LogP contribution >= 0.6 is 23.1 Å². The van der Waals surface area contributed by atoms with E-state index in [1.165, 1.54) is 23.1 Å². The maximum Gasteiger partial charge on any atom is 0.260 e. The van der Waals surface area contributed by atoms with E-state index in [1.807, 2.05) is 32.0 Å². The lowest BCUT2D eigenvalue weighted by Gasteiger charge is -2.10. The molecule has 0 atom stereocenters. The summed E-state index contributed by atoms with van der Waals surface area (Å²) < 4.78 is 5.51. The number of rotatable bonds is 7. The number of benzene rings is 1. The Morgan fingerprint density at radius 3 is 2.85 bits per heavy atom. The number of aromatic nitrogens is 2. The van der Waals surface area contributed by atoms with Gasteiger partial charge in [0.05, 0.1) is 12.5 Å². The summed E-state index contributed by atoms with van der Waals surface area (Å²) in [6, 6.07) is 5.92. The molecule has 0 saturated heterocycles. The van der Waals surface area contributed by atoms with E-state index in [2.05, 4.69) is 9.97 Å². The second-order valence-corrected chi connectivity index (χ2v) is 8.49. The fourth-order valence-electron chi connectivity index (χ4n) is 2.92. The Hall–Kier alpha value is -2.32. The molecule has 8 heteroatoms. The number of carbonyl (C=O) groups is 1. The zero-order chi connectivity index (χ0) is 19.6. The largest absolute Gasteiger partial charge is 0.496 e. The van der Waals surface area contributed by atoms with Gasteiger partial charge in [0.1, 0.15) is 10.6 Å². The average molecular weight is 404 g/mol. The van der Waals surface area contributed by atoms with Gasteiger partial charge in [0.2, 0.25) is 5.91 Å². The Morgan fingerprint density at radius 2 is 2.15 bits per heavy atom. The van der Waals surface area contributed by atoms with E-state index in [1.54, 1.807) is 7.11 Å². The lowest BCUT2D eigenvalue weighted by molar-refractivity contribution is -0.118. The van der Waals surface area contributed by atoms with Crippen molar-refractivity contribution in [1.82, 2.24) is 9.97 Å². The molecule has 0 aliphatic carbocycles. The Labute approximate surface area is 165 Å². The molecular formula is C19H21N3O3S2.